The summed E-state index contributed by atoms with van der Waals surface area (Å²) in [6.45, 7) is 3.32. The Hall–Kier alpha value is -6.42. The van der Waals surface area contributed by atoms with Crippen molar-refractivity contribution in [3.05, 3.63) is 153 Å². The predicted molar refractivity (Wildman–Crippen MR) is 234 cm³/mol. The molecule has 0 saturated heterocycles. The number of para-hydroxylation sites is 2. The fourth-order valence-electron chi connectivity index (χ4n) is 6.95. The first-order valence-corrected chi connectivity index (χ1v) is 20.6. The van der Waals surface area contributed by atoms with Gasteiger partial charge in [0.15, 0.2) is 11.3 Å². The second-order valence-corrected chi connectivity index (χ2v) is 15.3. The summed E-state index contributed by atoms with van der Waals surface area (Å²) in [4.78, 5) is 37.0. The van der Waals surface area contributed by atoms with E-state index in [9.17, 15) is 9.59 Å². The molecule has 4 aromatic carbocycles. The summed E-state index contributed by atoms with van der Waals surface area (Å²) < 4.78 is 13.2. The zero-order valence-corrected chi connectivity index (χ0v) is 36.2. The van der Waals surface area contributed by atoms with Gasteiger partial charge < -0.3 is 37.4 Å². The quantitative estimate of drug-likeness (QED) is 0.118. The van der Waals surface area contributed by atoms with Gasteiger partial charge in [0.1, 0.15) is 38.7 Å². The van der Waals surface area contributed by atoms with Gasteiger partial charge in [-0.15, -0.1) is 0 Å². The molecule has 8 aromatic rings. The van der Waals surface area contributed by atoms with E-state index in [1.807, 2.05) is 91.1 Å². The number of aromatic amines is 2. The molecule has 2 aliphatic heterocycles. The molecular formula is C44H37Br2ClN10O4. The zero-order valence-electron chi connectivity index (χ0n) is 32.3. The summed E-state index contributed by atoms with van der Waals surface area (Å²) in [5, 5.41) is 21.6. The van der Waals surface area contributed by atoms with Gasteiger partial charge in [-0.3, -0.25) is 10.2 Å². The Bertz CT molecular complexity index is 2820. The van der Waals surface area contributed by atoms with E-state index in [4.69, 9.17) is 9.47 Å². The van der Waals surface area contributed by atoms with E-state index in [0.717, 1.165) is 68.6 Å². The van der Waals surface area contributed by atoms with Crippen LogP contribution in [0.3, 0.4) is 0 Å². The number of benzene rings is 4. The molecule has 0 radical (unpaired) electrons. The maximum absolute atomic E-state index is 12.9. The van der Waals surface area contributed by atoms with Gasteiger partial charge >= 0.3 is 6.03 Å². The van der Waals surface area contributed by atoms with E-state index < -0.39 is 0 Å². The van der Waals surface area contributed by atoms with E-state index in [0.29, 0.717) is 41.6 Å². The number of halogens is 3. The highest BCUT2D eigenvalue weighted by Crippen LogP contribution is 2.31. The maximum Gasteiger partial charge on any atom is 0.322 e. The molecule has 0 unspecified atom stereocenters. The molecule has 2 aliphatic rings. The second-order valence-electron chi connectivity index (χ2n) is 13.7. The Balaban J connectivity index is 0.000000152. The van der Waals surface area contributed by atoms with Crippen molar-refractivity contribution in [1.29, 1.82) is 0 Å². The molecule has 0 atom stereocenters. The van der Waals surface area contributed by atoms with Crippen molar-refractivity contribution in [3.63, 3.8) is 0 Å². The minimum atomic E-state index is -0.149. The van der Waals surface area contributed by atoms with Crippen molar-refractivity contribution in [1.82, 2.24) is 35.3 Å². The Morgan fingerprint density at radius 1 is 0.738 bits per heavy atom. The van der Waals surface area contributed by atoms with Crippen LogP contribution in [-0.4, -0.2) is 60.5 Å². The number of urea groups is 1. The summed E-state index contributed by atoms with van der Waals surface area (Å²) in [6.07, 6.45) is 7.09. The minimum Gasteiger partial charge on any atom is -1.00 e. The number of pyridine rings is 2. The van der Waals surface area contributed by atoms with Crippen LogP contribution >= 0.6 is 31.9 Å². The number of H-pyrrole nitrogens is 2. The minimum absolute atomic E-state index is 0. The number of hydrogen-bond acceptors (Lipinski definition) is 9. The first kappa shape index (κ1) is 42.7. The number of nitrogens with two attached hydrogens (primary N) is 1. The first-order valence-electron chi connectivity index (χ1n) is 19.0. The molecule has 0 spiro atoms. The van der Waals surface area contributed by atoms with E-state index in [2.05, 4.69) is 77.8 Å². The fraction of sp³-hybridized carbons (Fsp3) is 0.136. The molecule has 0 fully saturated rings. The van der Waals surface area contributed by atoms with Crippen LogP contribution in [0.15, 0.2) is 136 Å². The van der Waals surface area contributed by atoms with E-state index in [-0.39, 0.29) is 18.4 Å². The number of nitrogens with zero attached hydrogens (tertiary/aromatic N) is 6. The maximum atomic E-state index is 12.9. The number of amides is 2. The van der Waals surface area contributed by atoms with Gasteiger partial charge in [0.2, 0.25) is 6.08 Å². The van der Waals surface area contributed by atoms with Gasteiger partial charge in [0.05, 0.1) is 23.0 Å². The molecule has 6 heterocycles. The van der Waals surface area contributed by atoms with Crippen LogP contribution in [0.1, 0.15) is 22.3 Å². The number of fused-ring (bicyclic) bond motifs is 6. The largest absolute Gasteiger partial charge is 1.00 e. The fourth-order valence-corrected chi connectivity index (χ4v) is 7.96. The standard InChI is InChI=1S/C22H18BrN5O2.C13H9NO2.C9H9BrN4.ClH/c23-20-19-18-9-10-28(13-14(18)12-24-21(19)27-26-20)22(29)25-15-5-4-8-17(11-15)30-16-6-2-1-3-7-16;15-10-14-11-5-4-8-13(9-11)16-12-6-2-1-3-7-12;10-8-7-6-1-2-11-3-5(6)4-12-9(7)14-13-8;/h1-8,11-12H,9-10,13H2,(H,25,29)(H,24,26,27);1-9H;4,11H,1-3H2,(H,12,13,14);1H. The van der Waals surface area contributed by atoms with E-state index >= 15 is 0 Å². The average molecular weight is 965 g/mol. The van der Waals surface area contributed by atoms with Crippen LogP contribution in [-0.2, 0) is 30.7 Å². The van der Waals surface area contributed by atoms with Crippen LogP contribution in [0.5, 0.6) is 23.0 Å². The lowest BCUT2D eigenvalue weighted by Crippen LogP contribution is -3.00. The van der Waals surface area contributed by atoms with Crippen LogP contribution in [0.4, 0.5) is 16.2 Å². The molecule has 10 rings (SSSR count). The molecule has 0 saturated carbocycles. The van der Waals surface area contributed by atoms with Gasteiger partial charge in [-0.2, -0.15) is 15.2 Å². The van der Waals surface area contributed by atoms with Crippen LogP contribution in [0.25, 0.3) is 22.1 Å². The van der Waals surface area contributed by atoms with Crippen molar-refractivity contribution in [2.75, 3.05) is 18.4 Å². The van der Waals surface area contributed by atoms with Crippen LogP contribution < -0.4 is 32.5 Å². The summed E-state index contributed by atoms with van der Waals surface area (Å²) in [7, 11) is 0. The highest BCUT2D eigenvalue weighted by Gasteiger charge is 2.25. The van der Waals surface area contributed by atoms with E-state index in [1.54, 1.807) is 35.4 Å². The van der Waals surface area contributed by atoms with Gasteiger partial charge in [-0.05, 0) is 104 Å². The normalized spacial score (nSPS) is 12.5. The summed E-state index contributed by atoms with van der Waals surface area (Å²) in [6, 6.07) is 33.2. The molecule has 2 amide bonds. The molecule has 308 valence electrons. The lowest BCUT2D eigenvalue weighted by Gasteiger charge is -2.29. The van der Waals surface area contributed by atoms with Crippen molar-refractivity contribution in [2.45, 2.75) is 25.9 Å². The number of aliphatic imine (C=N–C) groups is 1. The number of rotatable bonds is 6. The SMILES string of the molecule is Brc1[nH]nc2ncc3c(c12)CC[NH2+]C3.O=C(Nc1cccc(Oc2ccccc2)c1)N1CCc2c(cnc3n[nH]c(Br)c23)C1.O=C=Nc1cccc(Oc2ccccc2)c1.[Cl-]. The third-order valence-corrected chi connectivity index (χ3v) is 10.9. The van der Waals surface area contributed by atoms with E-state index in [1.165, 1.54) is 22.8 Å². The number of nitrogens with one attached hydrogen (secondary N) is 3. The molecule has 5 N–H and O–H groups in total. The number of carbonyl (C=O) groups excluding carboxylic acids is 2. The Kier molecular flexibility index (Phi) is 14.2. The lowest BCUT2D eigenvalue weighted by atomic mass is 9.99. The number of isocyanates is 1. The monoisotopic (exact) mass is 962 g/mol. The number of quaternary nitrogens is 1. The van der Waals surface area contributed by atoms with Gasteiger partial charge in [-0.25, -0.2) is 19.6 Å². The van der Waals surface area contributed by atoms with Crippen molar-refractivity contribution in [2.24, 2.45) is 4.99 Å². The molecule has 0 bridgehead atoms. The van der Waals surface area contributed by atoms with Crippen LogP contribution in [0, 0.1) is 0 Å². The van der Waals surface area contributed by atoms with Gasteiger partial charge in [0, 0.05) is 55.3 Å². The lowest BCUT2D eigenvalue weighted by molar-refractivity contribution is -0.673. The van der Waals surface area contributed by atoms with Crippen molar-refractivity contribution in [3.8, 4) is 23.0 Å². The molecule has 17 heteroatoms. The van der Waals surface area contributed by atoms with Crippen molar-refractivity contribution >= 4 is 77.4 Å². The molecule has 4 aromatic heterocycles. The third kappa shape index (κ3) is 10.5. The summed E-state index contributed by atoms with van der Waals surface area (Å²) >= 11 is 6.98. The number of ether oxygens (including phenoxy) is 2. The molecule has 14 nitrogen and oxygen atoms in total. The zero-order chi connectivity index (χ0) is 41.3. The average Bonchev–Trinajstić information content (AvgIpc) is 3.87. The predicted octanol–water partition coefficient (Wildman–Crippen LogP) is 5.89. The van der Waals surface area contributed by atoms with Crippen molar-refractivity contribution < 1.29 is 36.8 Å². The number of anilines is 1. The topological polar surface area (TPSA) is 180 Å². The Labute approximate surface area is 372 Å². The van der Waals surface area contributed by atoms with Crippen LogP contribution in [0.2, 0.25) is 0 Å². The molecule has 0 aliphatic carbocycles. The smallest absolute Gasteiger partial charge is 0.322 e. The Morgan fingerprint density at radius 2 is 1.31 bits per heavy atom. The summed E-state index contributed by atoms with van der Waals surface area (Å²) in [5.41, 5.74) is 7.68. The first-order chi connectivity index (χ1) is 29.4. The second kappa shape index (κ2) is 20.2. The molecule has 61 heavy (non-hydrogen) atoms. The highest BCUT2D eigenvalue weighted by atomic mass is 79.9. The van der Waals surface area contributed by atoms with Gasteiger partial charge in [-0.1, -0.05) is 48.5 Å². The third-order valence-electron chi connectivity index (χ3n) is 9.75. The number of hydrogen-bond donors (Lipinski definition) is 4. The van der Waals surface area contributed by atoms with Gasteiger partial charge in [0.25, 0.3) is 0 Å². The number of carbonyl (C=O) groups is 1. The summed E-state index contributed by atoms with van der Waals surface area (Å²) in [5.74, 6) is 2.80. The highest BCUT2D eigenvalue weighted by molar-refractivity contribution is 9.10. The Morgan fingerprint density at radius 3 is 1.95 bits per heavy atom. The number of aromatic nitrogens is 6. The molecular weight excluding hydrogens is 928 g/mol.